The Bertz CT molecular complexity index is 973. The van der Waals surface area contributed by atoms with Gasteiger partial charge in [-0.2, -0.15) is 4.99 Å². The Morgan fingerprint density at radius 3 is 2.92 bits per heavy atom. The number of aromatic nitrogens is 1. The number of aliphatic imine (C=N–C) groups is 1. The number of benzene rings is 1. The van der Waals surface area contributed by atoms with E-state index in [1.165, 1.54) is 11.8 Å². The molecule has 1 amide bonds. The van der Waals surface area contributed by atoms with Crippen LogP contribution in [-0.4, -0.2) is 26.4 Å². The van der Waals surface area contributed by atoms with Crippen molar-refractivity contribution in [1.29, 1.82) is 5.41 Å². The van der Waals surface area contributed by atoms with E-state index in [0.717, 1.165) is 11.3 Å². The molecule has 5 nitrogen and oxygen atoms in total. The lowest BCUT2D eigenvalue weighted by Gasteiger charge is -2.22. The molecule has 0 saturated carbocycles. The molecule has 0 aliphatic carbocycles. The van der Waals surface area contributed by atoms with Crippen LogP contribution in [0.1, 0.15) is 11.3 Å². The topological polar surface area (TPSA) is 61.5 Å². The summed E-state index contributed by atoms with van der Waals surface area (Å²) in [7, 11) is 0. The molecule has 1 aromatic carbocycles. The Balaban J connectivity index is 1.68. The maximum atomic E-state index is 12.3. The molecule has 0 spiro atoms. The smallest absolute Gasteiger partial charge is 0.283 e. The standard InChI is InChI=1S/C18H13ClN4OS/c19-15-6-2-1-4-12(15)11-22-7-3-5-13(22)10-14-16(20)23-8-9-25-18(23)21-17(14)24/h1-10,20H,11H2. The van der Waals surface area contributed by atoms with Crippen LogP contribution in [0.4, 0.5) is 0 Å². The highest BCUT2D eigenvalue weighted by Gasteiger charge is 2.31. The van der Waals surface area contributed by atoms with Crippen molar-refractivity contribution in [3.05, 3.63) is 76.1 Å². The summed E-state index contributed by atoms with van der Waals surface area (Å²) < 4.78 is 1.99. The molecule has 0 unspecified atom stereocenters. The summed E-state index contributed by atoms with van der Waals surface area (Å²) in [6.45, 7) is 0.585. The van der Waals surface area contributed by atoms with Crippen LogP contribution in [0.5, 0.6) is 0 Å². The molecule has 0 atom stereocenters. The van der Waals surface area contributed by atoms with Crippen molar-refractivity contribution < 1.29 is 4.79 Å². The summed E-state index contributed by atoms with van der Waals surface area (Å²) in [6, 6.07) is 11.5. The van der Waals surface area contributed by atoms with Gasteiger partial charge in [-0.15, -0.1) is 0 Å². The second-order valence-electron chi connectivity index (χ2n) is 5.53. The quantitative estimate of drug-likeness (QED) is 0.834. The van der Waals surface area contributed by atoms with Gasteiger partial charge in [-0.1, -0.05) is 41.6 Å². The number of carbonyl (C=O) groups is 1. The van der Waals surface area contributed by atoms with Gasteiger partial charge in [-0.05, 0) is 35.2 Å². The van der Waals surface area contributed by atoms with Crippen LogP contribution in [0, 0.1) is 5.41 Å². The zero-order valence-corrected chi connectivity index (χ0v) is 14.6. The molecular weight excluding hydrogens is 356 g/mol. The van der Waals surface area contributed by atoms with E-state index < -0.39 is 5.91 Å². The highest BCUT2D eigenvalue weighted by molar-refractivity contribution is 8.16. The third-order valence-electron chi connectivity index (χ3n) is 3.97. The summed E-state index contributed by atoms with van der Waals surface area (Å²) in [5.41, 5.74) is 2.08. The predicted octanol–water partition coefficient (Wildman–Crippen LogP) is 3.97. The van der Waals surface area contributed by atoms with E-state index in [2.05, 4.69) is 4.99 Å². The Morgan fingerprint density at radius 1 is 1.24 bits per heavy atom. The lowest BCUT2D eigenvalue weighted by atomic mass is 10.1. The summed E-state index contributed by atoms with van der Waals surface area (Å²) in [5, 5.41) is 11.3. The van der Waals surface area contributed by atoms with Crippen molar-refractivity contribution in [3.8, 4) is 0 Å². The molecule has 0 fully saturated rings. The zero-order chi connectivity index (χ0) is 17.4. The van der Waals surface area contributed by atoms with Crippen LogP contribution < -0.4 is 0 Å². The molecule has 7 heteroatoms. The number of amidine groups is 2. The minimum absolute atomic E-state index is 0.141. The number of nitrogens with one attached hydrogen (secondary N) is 1. The summed E-state index contributed by atoms with van der Waals surface area (Å²) in [6.07, 6.45) is 5.38. The molecule has 1 aromatic heterocycles. The van der Waals surface area contributed by atoms with Crippen LogP contribution in [0.3, 0.4) is 0 Å². The van der Waals surface area contributed by atoms with E-state index in [9.17, 15) is 4.79 Å². The first-order valence-corrected chi connectivity index (χ1v) is 8.84. The number of hydrogen-bond donors (Lipinski definition) is 1. The van der Waals surface area contributed by atoms with Gasteiger partial charge < -0.3 is 4.57 Å². The van der Waals surface area contributed by atoms with Crippen LogP contribution in [0.2, 0.25) is 5.02 Å². The van der Waals surface area contributed by atoms with E-state index in [-0.39, 0.29) is 11.4 Å². The molecular formula is C18H13ClN4OS. The molecule has 0 bridgehead atoms. The van der Waals surface area contributed by atoms with E-state index >= 15 is 0 Å². The van der Waals surface area contributed by atoms with Gasteiger partial charge in [0.05, 0.1) is 5.57 Å². The molecule has 0 saturated heterocycles. The van der Waals surface area contributed by atoms with E-state index in [1.807, 2.05) is 52.6 Å². The number of fused-ring (bicyclic) bond motifs is 1. The molecule has 1 N–H and O–H groups in total. The number of rotatable bonds is 3. The maximum Gasteiger partial charge on any atom is 0.283 e. The van der Waals surface area contributed by atoms with E-state index in [4.69, 9.17) is 17.0 Å². The lowest BCUT2D eigenvalue weighted by molar-refractivity contribution is -0.114. The number of halogens is 1. The van der Waals surface area contributed by atoms with Gasteiger partial charge in [0.25, 0.3) is 5.91 Å². The molecule has 4 rings (SSSR count). The van der Waals surface area contributed by atoms with Crippen molar-refractivity contribution >= 4 is 46.3 Å². The fourth-order valence-corrected chi connectivity index (χ4v) is 3.59. The Hall–Kier alpha value is -2.57. The van der Waals surface area contributed by atoms with Crippen LogP contribution in [-0.2, 0) is 11.3 Å². The van der Waals surface area contributed by atoms with Gasteiger partial charge in [0, 0.05) is 29.7 Å². The number of hydrogen-bond acceptors (Lipinski definition) is 3. The first-order chi connectivity index (χ1) is 12.1. The molecule has 3 heterocycles. The zero-order valence-electron chi connectivity index (χ0n) is 13.0. The maximum absolute atomic E-state index is 12.3. The van der Waals surface area contributed by atoms with Crippen molar-refractivity contribution in [1.82, 2.24) is 9.47 Å². The fraction of sp³-hybridized carbons (Fsp3) is 0.0556. The molecule has 2 aliphatic heterocycles. The lowest BCUT2D eigenvalue weighted by Crippen LogP contribution is -2.35. The largest absolute Gasteiger partial charge is 0.343 e. The fourth-order valence-electron chi connectivity index (χ4n) is 2.69. The van der Waals surface area contributed by atoms with Crippen LogP contribution >= 0.6 is 23.4 Å². The summed E-state index contributed by atoms with van der Waals surface area (Å²) in [5.74, 6) is -0.250. The van der Waals surface area contributed by atoms with Gasteiger partial charge in [-0.3, -0.25) is 15.1 Å². The normalized spacial score (nSPS) is 18.0. The highest BCUT2D eigenvalue weighted by atomic mass is 35.5. The molecule has 25 heavy (non-hydrogen) atoms. The van der Waals surface area contributed by atoms with Crippen molar-refractivity contribution in [3.63, 3.8) is 0 Å². The highest BCUT2D eigenvalue weighted by Crippen LogP contribution is 2.27. The van der Waals surface area contributed by atoms with Crippen molar-refractivity contribution in [2.75, 3.05) is 0 Å². The van der Waals surface area contributed by atoms with Gasteiger partial charge in [0.15, 0.2) is 5.17 Å². The van der Waals surface area contributed by atoms with Gasteiger partial charge in [0.1, 0.15) is 5.84 Å². The van der Waals surface area contributed by atoms with Crippen molar-refractivity contribution in [2.45, 2.75) is 6.54 Å². The van der Waals surface area contributed by atoms with Gasteiger partial charge >= 0.3 is 0 Å². The van der Waals surface area contributed by atoms with Crippen molar-refractivity contribution in [2.24, 2.45) is 4.99 Å². The monoisotopic (exact) mass is 368 g/mol. The number of thioether (sulfide) groups is 1. The average molecular weight is 369 g/mol. The van der Waals surface area contributed by atoms with Crippen LogP contribution in [0.25, 0.3) is 6.08 Å². The molecule has 2 aliphatic rings. The predicted molar refractivity (Wildman–Crippen MR) is 102 cm³/mol. The number of carbonyl (C=O) groups excluding carboxylic acids is 1. The Labute approximate surface area is 153 Å². The molecule has 0 radical (unpaired) electrons. The van der Waals surface area contributed by atoms with Gasteiger partial charge in [-0.25, -0.2) is 0 Å². The Kier molecular flexibility index (Phi) is 4.07. The van der Waals surface area contributed by atoms with Gasteiger partial charge in [0.2, 0.25) is 0 Å². The molecule has 124 valence electrons. The second-order valence-corrected chi connectivity index (χ2v) is 6.81. The average Bonchev–Trinajstić information content (AvgIpc) is 3.23. The SMILES string of the molecule is N=C1C(=Cc2cccn2Cc2ccccc2Cl)C(=O)N=C2SC=CN12. The second kappa shape index (κ2) is 6.38. The summed E-state index contributed by atoms with van der Waals surface area (Å²) in [4.78, 5) is 18.0. The third-order valence-corrected chi connectivity index (χ3v) is 5.09. The summed E-state index contributed by atoms with van der Waals surface area (Å²) >= 11 is 7.58. The van der Waals surface area contributed by atoms with Crippen LogP contribution in [0.15, 0.2) is 64.8 Å². The number of amides is 1. The molecule has 2 aromatic rings. The van der Waals surface area contributed by atoms with E-state index in [0.29, 0.717) is 16.7 Å². The minimum Gasteiger partial charge on any atom is -0.343 e. The third kappa shape index (κ3) is 2.94. The first kappa shape index (κ1) is 15.9. The van der Waals surface area contributed by atoms with E-state index in [1.54, 1.807) is 17.2 Å². The minimum atomic E-state index is -0.391. The first-order valence-electron chi connectivity index (χ1n) is 7.58. The number of nitrogens with zero attached hydrogens (tertiary/aromatic N) is 3. The Morgan fingerprint density at radius 2 is 2.08 bits per heavy atom.